The van der Waals surface area contributed by atoms with Crippen LogP contribution >= 0.6 is 11.6 Å². The van der Waals surface area contributed by atoms with Crippen LogP contribution in [0, 0.1) is 0 Å². The Morgan fingerprint density at radius 3 is 2.31 bits per heavy atom. The number of methoxy groups -OCH3 is 1. The molecule has 1 fully saturated rings. The average Bonchev–Trinajstić information content (AvgIpc) is 2.86. The van der Waals surface area contributed by atoms with Gasteiger partial charge in [0.2, 0.25) is 0 Å². The number of Topliss-reactive ketones (excluding diaryl/α,β-unsaturated/α-hetero) is 1. The molecule has 0 spiro atoms. The van der Waals surface area contributed by atoms with Crippen molar-refractivity contribution in [3.05, 3.63) is 64.7 Å². The molecule has 1 aliphatic heterocycles. The van der Waals surface area contributed by atoms with E-state index in [1.165, 1.54) is 0 Å². The van der Waals surface area contributed by atoms with Gasteiger partial charge in [-0.3, -0.25) is 14.5 Å². The van der Waals surface area contributed by atoms with Crippen molar-refractivity contribution >= 4 is 29.3 Å². The minimum Gasteiger partial charge on any atom is -0.497 e. The third-order valence-electron chi connectivity index (χ3n) is 4.41. The van der Waals surface area contributed by atoms with Gasteiger partial charge >= 0.3 is 6.03 Å². The van der Waals surface area contributed by atoms with E-state index in [0.29, 0.717) is 21.9 Å². The van der Waals surface area contributed by atoms with Crippen LogP contribution in [0.3, 0.4) is 0 Å². The number of urea groups is 1. The zero-order valence-corrected chi connectivity index (χ0v) is 15.0. The summed E-state index contributed by atoms with van der Waals surface area (Å²) in [5.74, 6) is -0.178. The Morgan fingerprint density at radius 1 is 1.12 bits per heavy atom. The number of benzene rings is 2. The lowest BCUT2D eigenvalue weighted by molar-refractivity contribution is -0.130. The van der Waals surface area contributed by atoms with E-state index in [9.17, 15) is 14.4 Å². The molecule has 0 bridgehead atoms. The molecule has 3 amide bonds. The van der Waals surface area contributed by atoms with E-state index in [1.807, 2.05) is 0 Å². The molecule has 0 unspecified atom stereocenters. The maximum absolute atomic E-state index is 12.9. The monoisotopic (exact) mass is 372 g/mol. The fourth-order valence-electron chi connectivity index (χ4n) is 2.83. The van der Waals surface area contributed by atoms with Crippen LogP contribution in [0.2, 0.25) is 5.02 Å². The highest BCUT2D eigenvalue weighted by Gasteiger charge is 2.49. The van der Waals surface area contributed by atoms with E-state index in [4.69, 9.17) is 16.3 Å². The lowest BCUT2D eigenvalue weighted by Crippen LogP contribution is -2.41. The number of amides is 3. The van der Waals surface area contributed by atoms with Gasteiger partial charge in [0.25, 0.3) is 5.91 Å². The van der Waals surface area contributed by atoms with Crippen molar-refractivity contribution in [1.29, 1.82) is 0 Å². The normalized spacial score (nSPS) is 19.4. The summed E-state index contributed by atoms with van der Waals surface area (Å²) >= 11 is 5.81. The summed E-state index contributed by atoms with van der Waals surface area (Å²) in [5.41, 5.74) is -0.241. The summed E-state index contributed by atoms with van der Waals surface area (Å²) in [6, 6.07) is 12.5. The molecule has 0 aromatic heterocycles. The Bertz CT molecular complexity index is 864. The average molecular weight is 373 g/mol. The molecule has 2 aromatic carbocycles. The van der Waals surface area contributed by atoms with Crippen LogP contribution in [0.4, 0.5) is 4.79 Å². The molecule has 3 rings (SSSR count). The first-order valence-electron chi connectivity index (χ1n) is 7.92. The zero-order chi connectivity index (χ0) is 18.9. The number of hydrogen-bond donors (Lipinski definition) is 1. The molecule has 1 heterocycles. The van der Waals surface area contributed by atoms with Gasteiger partial charge in [-0.2, -0.15) is 0 Å². The van der Waals surface area contributed by atoms with Gasteiger partial charge in [0.1, 0.15) is 11.3 Å². The smallest absolute Gasteiger partial charge is 0.325 e. The van der Waals surface area contributed by atoms with Gasteiger partial charge in [0.05, 0.1) is 13.7 Å². The maximum Gasteiger partial charge on any atom is 0.325 e. The molecule has 2 aromatic rings. The van der Waals surface area contributed by atoms with E-state index >= 15 is 0 Å². The SMILES string of the molecule is COc1ccc([C@@]2(C)NC(=O)N(CC(=O)c3ccc(Cl)cc3)C2=O)cc1. The molecule has 0 aliphatic carbocycles. The largest absolute Gasteiger partial charge is 0.497 e. The van der Waals surface area contributed by atoms with E-state index in [2.05, 4.69) is 5.32 Å². The fourth-order valence-corrected chi connectivity index (χ4v) is 2.96. The Labute approximate surface area is 155 Å². The Kier molecular flexibility index (Phi) is 4.70. The zero-order valence-electron chi connectivity index (χ0n) is 14.3. The third kappa shape index (κ3) is 3.15. The molecular formula is C19H17ClN2O4. The number of ketones is 1. The van der Waals surface area contributed by atoms with Gasteiger partial charge in [-0.05, 0) is 48.9 Å². The van der Waals surface area contributed by atoms with Crippen LogP contribution in [0.25, 0.3) is 0 Å². The van der Waals surface area contributed by atoms with Crippen LogP contribution in [0.5, 0.6) is 5.75 Å². The van der Waals surface area contributed by atoms with Crippen molar-refractivity contribution in [2.75, 3.05) is 13.7 Å². The number of rotatable bonds is 5. The number of carbonyl (C=O) groups is 3. The first kappa shape index (κ1) is 17.9. The predicted octanol–water partition coefficient (Wildman–Crippen LogP) is 3.00. The first-order valence-corrected chi connectivity index (χ1v) is 8.30. The highest BCUT2D eigenvalue weighted by atomic mass is 35.5. The number of halogens is 1. The summed E-state index contributed by atoms with van der Waals surface area (Å²) in [6.45, 7) is 1.28. The van der Waals surface area contributed by atoms with E-state index < -0.39 is 17.5 Å². The molecule has 0 radical (unpaired) electrons. The van der Waals surface area contributed by atoms with Crippen LogP contribution in [-0.2, 0) is 10.3 Å². The van der Waals surface area contributed by atoms with Crippen LogP contribution in [0.15, 0.2) is 48.5 Å². The summed E-state index contributed by atoms with van der Waals surface area (Å²) in [5, 5.41) is 3.18. The second-order valence-corrected chi connectivity index (χ2v) is 6.54. The number of imide groups is 1. The molecule has 1 aliphatic rings. The molecular weight excluding hydrogens is 356 g/mol. The number of nitrogens with one attached hydrogen (secondary N) is 1. The molecule has 1 saturated heterocycles. The van der Waals surface area contributed by atoms with Crippen molar-refractivity contribution in [2.24, 2.45) is 0 Å². The number of ether oxygens (including phenoxy) is 1. The minimum absolute atomic E-state index is 0.335. The Balaban J connectivity index is 1.81. The van der Waals surface area contributed by atoms with Gasteiger partial charge in [-0.15, -0.1) is 0 Å². The van der Waals surface area contributed by atoms with Gasteiger partial charge in [-0.1, -0.05) is 23.7 Å². The first-order chi connectivity index (χ1) is 12.3. The van der Waals surface area contributed by atoms with Crippen LogP contribution < -0.4 is 10.1 Å². The van der Waals surface area contributed by atoms with Crippen molar-refractivity contribution in [1.82, 2.24) is 10.2 Å². The van der Waals surface area contributed by atoms with Gasteiger partial charge in [0.15, 0.2) is 5.78 Å². The second-order valence-electron chi connectivity index (χ2n) is 6.11. The van der Waals surface area contributed by atoms with E-state index in [0.717, 1.165) is 4.90 Å². The predicted molar refractivity (Wildman–Crippen MR) is 96.4 cm³/mol. The molecule has 7 heteroatoms. The lowest BCUT2D eigenvalue weighted by Gasteiger charge is -2.22. The molecule has 1 atom stereocenters. The number of nitrogens with zero attached hydrogens (tertiary/aromatic N) is 1. The summed E-state index contributed by atoms with van der Waals surface area (Å²) < 4.78 is 5.11. The standard InChI is InChI=1S/C19H17ClN2O4/c1-19(13-5-9-15(26-2)10-6-13)17(24)22(18(25)21-19)11-16(23)12-3-7-14(20)8-4-12/h3-10H,11H2,1-2H3,(H,21,25)/t19-/m1/s1. The summed E-state index contributed by atoms with van der Waals surface area (Å²) in [7, 11) is 1.54. The lowest BCUT2D eigenvalue weighted by atomic mass is 9.92. The Morgan fingerprint density at radius 2 is 1.73 bits per heavy atom. The van der Waals surface area contributed by atoms with Crippen molar-refractivity contribution in [3.63, 3.8) is 0 Å². The highest BCUT2D eigenvalue weighted by Crippen LogP contribution is 2.30. The van der Waals surface area contributed by atoms with Gasteiger partial charge in [0, 0.05) is 10.6 Å². The van der Waals surface area contributed by atoms with E-state index in [-0.39, 0.29) is 12.3 Å². The minimum atomic E-state index is -1.23. The quantitative estimate of drug-likeness (QED) is 0.646. The number of hydrogen-bond acceptors (Lipinski definition) is 4. The fraction of sp³-hybridized carbons (Fsp3) is 0.211. The molecule has 1 N–H and O–H groups in total. The molecule has 134 valence electrons. The highest BCUT2D eigenvalue weighted by molar-refractivity contribution is 6.30. The molecule has 26 heavy (non-hydrogen) atoms. The second kappa shape index (κ2) is 6.80. The molecule has 6 nitrogen and oxygen atoms in total. The summed E-state index contributed by atoms with van der Waals surface area (Å²) in [4.78, 5) is 38.5. The van der Waals surface area contributed by atoms with Crippen LogP contribution in [0.1, 0.15) is 22.8 Å². The van der Waals surface area contributed by atoms with E-state index in [1.54, 1.807) is 62.6 Å². The van der Waals surface area contributed by atoms with Gasteiger partial charge in [-0.25, -0.2) is 4.79 Å². The molecule has 0 saturated carbocycles. The third-order valence-corrected chi connectivity index (χ3v) is 4.66. The maximum atomic E-state index is 12.9. The van der Waals surface area contributed by atoms with Crippen molar-refractivity contribution < 1.29 is 19.1 Å². The Hall–Kier alpha value is -2.86. The van der Waals surface area contributed by atoms with Crippen molar-refractivity contribution in [3.8, 4) is 5.75 Å². The van der Waals surface area contributed by atoms with Crippen LogP contribution in [-0.4, -0.2) is 36.3 Å². The number of carbonyl (C=O) groups excluding carboxylic acids is 3. The van der Waals surface area contributed by atoms with Gasteiger partial charge < -0.3 is 10.1 Å². The van der Waals surface area contributed by atoms with Crippen molar-refractivity contribution in [2.45, 2.75) is 12.5 Å². The summed E-state index contributed by atoms with van der Waals surface area (Å²) in [6.07, 6.45) is 0. The topological polar surface area (TPSA) is 75.7 Å².